The third-order valence-electron chi connectivity index (χ3n) is 0.624. The lowest BCUT2D eigenvalue weighted by Crippen LogP contribution is -2.21. The fourth-order valence-electron chi connectivity index (χ4n) is 0.246. The number of carbonyl (C=O) groups is 1. The van der Waals surface area contributed by atoms with Gasteiger partial charge in [-0.25, -0.2) is 0 Å². The standard InChI is InChI=1S/C5H4N4O2/c6-1-2-11-9-4(3-7)5(8)10/h2H2,(H2,8,10)/b9-4+. The Kier molecular flexibility index (Phi) is 3.87. The van der Waals surface area contributed by atoms with E-state index in [-0.39, 0.29) is 6.61 Å². The van der Waals surface area contributed by atoms with Gasteiger partial charge < -0.3 is 10.6 Å². The molecule has 0 radical (unpaired) electrons. The van der Waals surface area contributed by atoms with Crippen molar-refractivity contribution in [3.63, 3.8) is 0 Å². The maximum atomic E-state index is 10.2. The SMILES string of the molecule is N#CCO/N=C(\C#N)C(N)=O. The number of rotatable bonds is 3. The van der Waals surface area contributed by atoms with E-state index in [0.717, 1.165) is 0 Å². The molecule has 0 atom stereocenters. The van der Waals surface area contributed by atoms with E-state index in [4.69, 9.17) is 10.5 Å². The minimum absolute atomic E-state index is 0.321. The molecular weight excluding hydrogens is 148 g/mol. The van der Waals surface area contributed by atoms with Crippen LogP contribution in [0.4, 0.5) is 0 Å². The van der Waals surface area contributed by atoms with Gasteiger partial charge in [0.25, 0.3) is 5.91 Å². The molecule has 0 aliphatic heterocycles. The van der Waals surface area contributed by atoms with Crippen molar-refractivity contribution in [1.29, 1.82) is 10.5 Å². The normalized spacial score (nSPS) is 9.45. The van der Waals surface area contributed by atoms with Gasteiger partial charge in [-0.1, -0.05) is 5.16 Å². The first-order valence-electron chi connectivity index (χ1n) is 2.49. The molecule has 0 heterocycles. The Morgan fingerprint density at radius 3 is 2.64 bits per heavy atom. The average molecular weight is 152 g/mol. The Morgan fingerprint density at radius 2 is 2.27 bits per heavy atom. The summed E-state index contributed by atoms with van der Waals surface area (Å²) in [5.41, 5.74) is 4.12. The molecule has 0 aromatic heterocycles. The zero-order valence-electron chi connectivity index (χ0n) is 5.44. The van der Waals surface area contributed by atoms with Gasteiger partial charge in [0.1, 0.15) is 12.1 Å². The van der Waals surface area contributed by atoms with E-state index in [1.807, 2.05) is 0 Å². The first-order chi connectivity index (χ1) is 5.22. The first-order valence-corrected chi connectivity index (χ1v) is 2.49. The van der Waals surface area contributed by atoms with E-state index in [2.05, 4.69) is 15.7 Å². The van der Waals surface area contributed by atoms with Crippen molar-refractivity contribution >= 4 is 11.6 Å². The number of nitrogens with two attached hydrogens (primary N) is 1. The van der Waals surface area contributed by atoms with E-state index >= 15 is 0 Å². The first kappa shape index (κ1) is 8.92. The maximum Gasteiger partial charge on any atom is 0.281 e. The predicted molar refractivity (Wildman–Crippen MR) is 33.8 cm³/mol. The predicted octanol–water partition coefficient (Wildman–Crippen LogP) is -1.11. The van der Waals surface area contributed by atoms with Crippen LogP contribution in [-0.2, 0) is 9.63 Å². The summed E-state index contributed by atoms with van der Waals surface area (Å²) in [6.45, 7) is -0.321. The second-order valence-corrected chi connectivity index (χ2v) is 1.35. The largest absolute Gasteiger partial charge is 0.379 e. The van der Waals surface area contributed by atoms with E-state index in [1.54, 1.807) is 6.07 Å². The molecule has 0 rings (SSSR count). The Hall–Kier alpha value is -2.08. The van der Waals surface area contributed by atoms with Gasteiger partial charge in [-0.3, -0.25) is 4.79 Å². The van der Waals surface area contributed by atoms with Crippen LogP contribution >= 0.6 is 0 Å². The van der Waals surface area contributed by atoms with Crippen molar-refractivity contribution in [3.8, 4) is 12.1 Å². The molecule has 0 bridgehead atoms. The minimum Gasteiger partial charge on any atom is -0.379 e. The molecule has 2 N–H and O–H groups in total. The van der Waals surface area contributed by atoms with Crippen LogP contribution in [0.1, 0.15) is 0 Å². The highest BCUT2D eigenvalue weighted by molar-refractivity contribution is 6.44. The number of nitrogens with zero attached hydrogens (tertiary/aromatic N) is 3. The van der Waals surface area contributed by atoms with Crippen LogP contribution in [0.25, 0.3) is 0 Å². The molecule has 0 saturated heterocycles. The van der Waals surface area contributed by atoms with Gasteiger partial charge in [-0.2, -0.15) is 10.5 Å². The molecule has 0 aliphatic rings. The van der Waals surface area contributed by atoms with E-state index in [0.29, 0.717) is 0 Å². The zero-order chi connectivity index (χ0) is 8.69. The summed E-state index contributed by atoms with van der Waals surface area (Å²) in [6.07, 6.45) is 0. The van der Waals surface area contributed by atoms with Crippen LogP contribution in [0.2, 0.25) is 0 Å². The fourth-order valence-corrected chi connectivity index (χ4v) is 0.246. The molecular formula is C5H4N4O2. The molecule has 0 aromatic rings. The number of hydrogen-bond donors (Lipinski definition) is 1. The summed E-state index contributed by atoms with van der Waals surface area (Å²) < 4.78 is 0. The van der Waals surface area contributed by atoms with Crippen molar-refractivity contribution in [2.24, 2.45) is 10.9 Å². The molecule has 0 spiro atoms. The van der Waals surface area contributed by atoms with Crippen LogP contribution in [0.3, 0.4) is 0 Å². The molecule has 11 heavy (non-hydrogen) atoms. The molecule has 0 aliphatic carbocycles. The average Bonchev–Trinajstić information content (AvgIpc) is 1.97. The second-order valence-electron chi connectivity index (χ2n) is 1.35. The molecule has 6 nitrogen and oxygen atoms in total. The van der Waals surface area contributed by atoms with Crippen LogP contribution in [0.5, 0.6) is 0 Å². The van der Waals surface area contributed by atoms with Gasteiger partial charge in [-0.05, 0) is 0 Å². The smallest absolute Gasteiger partial charge is 0.281 e. The van der Waals surface area contributed by atoms with Crippen LogP contribution in [0.15, 0.2) is 5.16 Å². The Balaban J connectivity index is 4.08. The van der Waals surface area contributed by atoms with Crippen molar-refractivity contribution in [1.82, 2.24) is 0 Å². The Labute approximate surface area is 62.4 Å². The third kappa shape index (κ3) is 3.49. The minimum atomic E-state index is -0.981. The molecule has 56 valence electrons. The van der Waals surface area contributed by atoms with Gasteiger partial charge in [0.2, 0.25) is 12.3 Å². The van der Waals surface area contributed by atoms with Crippen LogP contribution in [-0.4, -0.2) is 18.2 Å². The van der Waals surface area contributed by atoms with E-state index in [9.17, 15) is 4.79 Å². The van der Waals surface area contributed by atoms with Gasteiger partial charge in [0.05, 0.1) is 0 Å². The Morgan fingerprint density at radius 1 is 1.64 bits per heavy atom. The van der Waals surface area contributed by atoms with E-state index in [1.165, 1.54) is 6.07 Å². The number of nitriles is 2. The molecule has 0 aromatic carbocycles. The van der Waals surface area contributed by atoms with Gasteiger partial charge >= 0.3 is 0 Å². The van der Waals surface area contributed by atoms with Crippen LogP contribution in [0, 0.1) is 22.7 Å². The summed E-state index contributed by atoms with van der Waals surface area (Å²) in [5.74, 6) is -0.981. The number of carbonyl (C=O) groups excluding carboxylic acids is 1. The number of primary amides is 1. The lowest BCUT2D eigenvalue weighted by atomic mass is 10.4. The van der Waals surface area contributed by atoms with Gasteiger partial charge in [0.15, 0.2) is 0 Å². The summed E-state index contributed by atoms with van der Waals surface area (Å²) in [7, 11) is 0. The zero-order valence-corrected chi connectivity index (χ0v) is 5.44. The quantitative estimate of drug-likeness (QED) is 0.314. The molecule has 1 amide bonds. The van der Waals surface area contributed by atoms with Gasteiger partial charge in [0, 0.05) is 0 Å². The number of hydrogen-bond acceptors (Lipinski definition) is 5. The monoisotopic (exact) mass is 152 g/mol. The summed E-state index contributed by atoms with van der Waals surface area (Å²) >= 11 is 0. The summed E-state index contributed by atoms with van der Waals surface area (Å²) in [4.78, 5) is 14.4. The lowest BCUT2D eigenvalue weighted by molar-refractivity contribution is -0.112. The highest BCUT2D eigenvalue weighted by atomic mass is 16.6. The molecule has 6 heteroatoms. The number of oxime groups is 1. The van der Waals surface area contributed by atoms with Gasteiger partial charge in [-0.15, -0.1) is 0 Å². The highest BCUT2D eigenvalue weighted by Gasteiger charge is 2.04. The Bertz CT molecular complexity index is 257. The fraction of sp³-hybridized carbons (Fsp3) is 0.200. The van der Waals surface area contributed by atoms with Crippen molar-refractivity contribution in [2.75, 3.05) is 6.61 Å². The number of amides is 1. The lowest BCUT2D eigenvalue weighted by Gasteiger charge is -1.89. The van der Waals surface area contributed by atoms with E-state index < -0.39 is 11.6 Å². The molecule has 0 fully saturated rings. The topological polar surface area (TPSA) is 112 Å². The summed E-state index contributed by atoms with van der Waals surface area (Å²) in [5, 5.41) is 19.1. The molecule has 0 saturated carbocycles. The van der Waals surface area contributed by atoms with Crippen molar-refractivity contribution in [3.05, 3.63) is 0 Å². The maximum absolute atomic E-state index is 10.2. The highest BCUT2D eigenvalue weighted by Crippen LogP contribution is 1.78. The summed E-state index contributed by atoms with van der Waals surface area (Å²) in [6, 6.07) is 3.00. The van der Waals surface area contributed by atoms with Crippen LogP contribution < -0.4 is 5.73 Å². The third-order valence-corrected chi connectivity index (χ3v) is 0.624. The van der Waals surface area contributed by atoms with Crippen molar-refractivity contribution in [2.45, 2.75) is 0 Å². The molecule has 0 unspecified atom stereocenters. The van der Waals surface area contributed by atoms with Crippen molar-refractivity contribution < 1.29 is 9.63 Å². The second kappa shape index (κ2) is 4.77.